The second kappa shape index (κ2) is 5.65. The van der Waals surface area contributed by atoms with Crippen molar-refractivity contribution in [3.05, 3.63) is 23.8 Å². The predicted octanol–water partition coefficient (Wildman–Crippen LogP) is 3.17. The van der Waals surface area contributed by atoms with E-state index in [0.29, 0.717) is 17.3 Å². The number of benzene rings is 1. The highest BCUT2D eigenvalue weighted by molar-refractivity contribution is 7.99. The molecule has 1 aliphatic carbocycles. The molecule has 0 amide bonds. The van der Waals surface area contributed by atoms with Crippen molar-refractivity contribution in [3.8, 4) is 0 Å². The third kappa shape index (κ3) is 2.99. The van der Waals surface area contributed by atoms with Crippen molar-refractivity contribution in [2.75, 3.05) is 17.3 Å². The van der Waals surface area contributed by atoms with Gasteiger partial charge in [-0.1, -0.05) is 0 Å². The minimum atomic E-state index is 0.0161. The van der Waals surface area contributed by atoms with Crippen LogP contribution < -0.4 is 11.1 Å². The van der Waals surface area contributed by atoms with Gasteiger partial charge in [0.1, 0.15) is 0 Å². The summed E-state index contributed by atoms with van der Waals surface area (Å²) >= 11 is 1.95. The van der Waals surface area contributed by atoms with E-state index in [1.807, 2.05) is 23.9 Å². The van der Waals surface area contributed by atoms with Gasteiger partial charge in [0.15, 0.2) is 5.78 Å². The number of anilines is 2. The number of rotatable bonds is 4. The Kier molecular flexibility index (Phi) is 4.17. The molecule has 0 heterocycles. The smallest absolute Gasteiger partial charge is 0.161 e. The van der Waals surface area contributed by atoms with Gasteiger partial charge in [-0.3, -0.25) is 4.79 Å². The van der Waals surface area contributed by atoms with Crippen LogP contribution in [0.2, 0.25) is 0 Å². The van der Waals surface area contributed by atoms with Crippen LogP contribution in [-0.4, -0.2) is 23.3 Å². The number of carbonyl (C=O) groups excluding carboxylic acids is 1. The Morgan fingerprint density at radius 3 is 2.78 bits per heavy atom. The first-order valence-electron chi connectivity index (χ1n) is 6.30. The van der Waals surface area contributed by atoms with E-state index < -0.39 is 0 Å². The molecule has 4 heteroatoms. The summed E-state index contributed by atoms with van der Waals surface area (Å²) in [5.74, 6) is 0.0161. The Morgan fingerprint density at radius 2 is 2.22 bits per heavy atom. The van der Waals surface area contributed by atoms with Crippen LogP contribution in [0, 0.1) is 0 Å². The van der Waals surface area contributed by atoms with Gasteiger partial charge < -0.3 is 11.1 Å². The fraction of sp³-hybridized carbons (Fsp3) is 0.500. The average Bonchev–Trinajstić information content (AvgIpc) is 2.76. The molecular formula is C14H20N2OS. The molecule has 0 radical (unpaired) electrons. The van der Waals surface area contributed by atoms with Gasteiger partial charge in [0.2, 0.25) is 0 Å². The largest absolute Gasteiger partial charge is 0.398 e. The van der Waals surface area contributed by atoms with E-state index in [1.54, 1.807) is 13.0 Å². The monoisotopic (exact) mass is 264 g/mol. The Morgan fingerprint density at radius 1 is 1.44 bits per heavy atom. The number of ketones is 1. The summed E-state index contributed by atoms with van der Waals surface area (Å²) in [6.45, 7) is 1.54. The Bertz CT molecular complexity index is 447. The maximum atomic E-state index is 11.3. The quantitative estimate of drug-likeness (QED) is 0.648. The number of thioether (sulfide) groups is 1. The topological polar surface area (TPSA) is 55.1 Å². The highest BCUT2D eigenvalue weighted by Crippen LogP contribution is 2.30. The van der Waals surface area contributed by atoms with Crippen LogP contribution in [0.1, 0.15) is 36.5 Å². The lowest BCUT2D eigenvalue weighted by molar-refractivity contribution is 0.101. The molecule has 0 bridgehead atoms. The predicted molar refractivity (Wildman–Crippen MR) is 79.4 cm³/mol. The van der Waals surface area contributed by atoms with Crippen LogP contribution in [0.4, 0.5) is 11.4 Å². The summed E-state index contributed by atoms with van der Waals surface area (Å²) in [6, 6.07) is 6.15. The van der Waals surface area contributed by atoms with Crippen molar-refractivity contribution in [2.45, 2.75) is 37.5 Å². The normalized spacial score (nSPS) is 23.0. The van der Waals surface area contributed by atoms with Gasteiger partial charge in [-0.05, 0) is 50.6 Å². The average molecular weight is 264 g/mol. The molecule has 0 spiro atoms. The highest BCUT2D eigenvalue weighted by atomic mass is 32.2. The molecular weight excluding hydrogens is 244 g/mol. The van der Waals surface area contributed by atoms with Gasteiger partial charge in [0.05, 0.1) is 0 Å². The zero-order chi connectivity index (χ0) is 13.1. The second-order valence-electron chi connectivity index (χ2n) is 4.87. The standard InChI is InChI=1S/C14H20N2OS/c1-9(17)13-6-4-11(8-14(13)15)16-10-3-5-12(7-10)18-2/h4,6,8,10,12,16H,3,5,7,15H2,1-2H3. The fourth-order valence-corrected chi connectivity index (χ4v) is 3.29. The minimum absolute atomic E-state index is 0.0161. The molecule has 1 fully saturated rings. The lowest BCUT2D eigenvalue weighted by Gasteiger charge is -2.15. The molecule has 3 N–H and O–H groups in total. The molecule has 18 heavy (non-hydrogen) atoms. The number of hydrogen-bond donors (Lipinski definition) is 2. The molecule has 3 nitrogen and oxygen atoms in total. The molecule has 1 aromatic carbocycles. The van der Waals surface area contributed by atoms with Crippen molar-refractivity contribution in [2.24, 2.45) is 0 Å². The number of carbonyl (C=O) groups is 1. The van der Waals surface area contributed by atoms with E-state index in [1.165, 1.54) is 19.3 Å². The van der Waals surface area contributed by atoms with Gasteiger partial charge in [0.25, 0.3) is 0 Å². The zero-order valence-electron chi connectivity index (χ0n) is 10.9. The van der Waals surface area contributed by atoms with E-state index in [4.69, 9.17) is 5.73 Å². The van der Waals surface area contributed by atoms with Crippen molar-refractivity contribution < 1.29 is 4.79 Å². The van der Waals surface area contributed by atoms with Crippen LogP contribution in [-0.2, 0) is 0 Å². The SMILES string of the molecule is CSC1CCC(Nc2ccc(C(C)=O)c(N)c2)C1. The van der Waals surface area contributed by atoms with E-state index in [9.17, 15) is 4.79 Å². The molecule has 1 saturated carbocycles. The molecule has 0 aromatic heterocycles. The first kappa shape index (κ1) is 13.3. The van der Waals surface area contributed by atoms with Crippen LogP contribution in [0.5, 0.6) is 0 Å². The molecule has 1 aromatic rings. The molecule has 2 rings (SSSR count). The van der Waals surface area contributed by atoms with Crippen molar-refractivity contribution in [3.63, 3.8) is 0 Å². The van der Waals surface area contributed by atoms with Crippen molar-refractivity contribution in [1.29, 1.82) is 0 Å². The Labute approximate surface area is 113 Å². The minimum Gasteiger partial charge on any atom is -0.398 e. The number of Topliss-reactive ketones (excluding diaryl/α,β-unsaturated/α-hetero) is 1. The van der Waals surface area contributed by atoms with Crippen LogP contribution in [0.15, 0.2) is 18.2 Å². The molecule has 0 saturated heterocycles. The van der Waals surface area contributed by atoms with E-state index in [0.717, 1.165) is 10.9 Å². The van der Waals surface area contributed by atoms with Gasteiger partial charge in [0, 0.05) is 28.2 Å². The van der Waals surface area contributed by atoms with Crippen LogP contribution in [0.25, 0.3) is 0 Å². The van der Waals surface area contributed by atoms with Crippen molar-refractivity contribution in [1.82, 2.24) is 0 Å². The third-order valence-electron chi connectivity index (χ3n) is 3.52. The highest BCUT2D eigenvalue weighted by Gasteiger charge is 2.23. The fourth-order valence-electron chi connectivity index (χ4n) is 2.49. The van der Waals surface area contributed by atoms with Gasteiger partial charge in [-0.2, -0.15) is 11.8 Å². The number of hydrogen-bond acceptors (Lipinski definition) is 4. The number of nitrogen functional groups attached to an aromatic ring is 1. The summed E-state index contributed by atoms with van der Waals surface area (Å²) < 4.78 is 0. The first-order chi connectivity index (χ1) is 8.60. The Balaban J connectivity index is 2.02. The van der Waals surface area contributed by atoms with E-state index in [-0.39, 0.29) is 5.78 Å². The second-order valence-corrected chi connectivity index (χ2v) is 6.01. The molecule has 2 atom stereocenters. The molecule has 2 unspecified atom stereocenters. The maximum absolute atomic E-state index is 11.3. The summed E-state index contributed by atoms with van der Waals surface area (Å²) in [7, 11) is 0. The molecule has 1 aliphatic rings. The van der Waals surface area contributed by atoms with Gasteiger partial charge in [-0.15, -0.1) is 0 Å². The lowest BCUT2D eigenvalue weighted by atomic mass is 10.1. The zero-order valence-corrected chi connectivity index (χ0v) is 11.7. The van der Waals surface area contributed by atoms with E-state index in [2.05, 4.69) is 11.6 Å². The molecule has 98 valence electrons. The number of nitrogens with two attached hydrogens (primary N) is 1. The van der Waals surface area contributed by atoms with Crippen LogP contribution in [0.3, 0.4) is 0 Å². The summed E-state index contributed by atoms with van der Waals surface area (Å²) in [5.41, 5.74) is 8.07. The first-order valence-corrected chi connectivity index (χ1v) is 7.58. The van der Waals surface area contributed by atoms with E-state index >= 15 is 0 Å². The summed E-state index contributed by atoms with van der Waals surface area (Å²) in [4.78, 5) is 11.3. The number of nitrogens with one attached hydrogen (secondary N) is 1. The summed E-state index contributed by atoms with van der Waals surface area (Å²) in [5, 5.41) is 4.28. The van der Waals surface area contributed by atoms with Gasteiger partial charge >= 0.3 is 0 Å². The summed E-state index contributed by atoms with van der Waals surface area (Å²) in [6.07, 6.45) is 5.86. The van der Waals surface area contributed by atoms with Crippen LogP contribution >= 0.6 is 11.8 Å². The van der Waals surface area contributed by atoms with Crippen molar-refractivity contribution >= 4 is 28.9 Å². The Hall–Kier alpha value is -1.16. The maximum Gasteiger partial charge on any atom is 0.161 e. The lowest BCUT2D eigenvalue weighted by Crippen LogP contribution is -2.16. The molecule has 0 aliphatic heterocycles. The third-order valence-corrected chi connectivity index (χ3v) is 4.61. The van der Waals surface area contributed by atoms with Gasteiger partial charge in [-0.25, -0.2) is 0 Å².